The molecule has 0 amide bonds. The van der Waals surface area contributed by atoms with E-state index in [4.69, 9.17) is 0 Å². The number of fused-ring (bicyclic) bond motifs is 1. The SMILES string of the molecule is N#CC(CN1CCCc2ccccc21)NC1CC1. The highest BCUT2D eigenvalue weighted by Crippen LogP contribution is 2.27. The summed E-state index contributed by atoms with van der Waals surface area (Å²) in [6, 6.07) is 11.5. The number of nitrogens with one attached hydrogen (secondary N) is 1. The number of nitriles is 1. The summed E-state index contributed by atoms with van der Waals surface area (Å²) in [6.07, 6.45) is 4.82. The van der Waals surface area contributed by atoms with E-state index >= 15 is 0 Å². The Hall–Kier alpha value is -1.53. The highest BCUT2D eigenvalue weighted by Gasteiger charge is 2.26. The molecule has 3 heteroatoms. The summed E-state index contributed by atoms with van der Waals surface area (Å²) in [5, 5.41) is 12.7. The largest absolute Gasteiger partial charge is 0.369 e. The topological polar surface area (TPSA) is 39.1 Å². The lowest BCUT2D eigenvalue weighted by molar-refractivity contribution is 0.565. The van der Waals surface area contributed by atoms with Crippen LogP contribution in [-0.2, 0) is 6.42 Å². The molecule has 1 aromatic rings. The molecule has 1 heterocycles. The van der Waals surface area contributed by atoms with Crippen LogP contribution in [0.4, 0.5) is 5.69 Å². The molecule has 1 fully saturated rings. The zero-order chi connectivity index (χ0) is 12.4. The zero-order valence-electron chi connectivity index (χ0n) is 10.6. The summed E-state index contributed by atoms with van der Waals surface area (Å²) >= 11 is 0. The molecule has 2 aliphatic rings. The molecule has 3 nitrogen and oxygen atoms in total. The number of hydrogen-bond donors (Lipinski definition) is 1. The fourth-order valence-electron chi connectivity index (χ4n) is 2.69. The minimum Gasteiger partial charge on any atom is -0.369 e. The number of para-hydroxylation sites is 1. The molecule has 0 spiro atoms. The van der Waals surface area contributed by atoms with Gasteiger partial charge in [0, 0.05) is 24.8 Å². The smallest absolute Gasteiger partial charge is 0.113 e. The summed E-state index contributed by atoms with van der Waals surface area (Å²) in [5.41, 5.74) is 2.74. The highest BCUT2D eigenvalue weighted by molar-refractivity contribution is 5.55. The van der Waals surface area contributed by atoms with Crippen molar-refractivity contribution in [2.45, 2.75) is 37.8 Å². The van der Waals surface area contributed by atoms with Gasteiger partial charge in [-0.25, -0.2) is 0 Å². The molecule has 0 bridgehead atoms. The van der Waals surface area contributed by atoms with Crippen LogP contribution in [0.1, 0.15) is 24.8 Å². The Kier molecular flexibility index (Phi) is 3.21. The first kappa shape index (κ1) is 11.6. The Morgan fingerprint density at radius 2 is 2.22 bits per heavy atom. The Bertz CT molecular complexity index is 459. The maximum Gasteiger partial charge on any atom is 0.113 e. The monoisotopic (exact) mass is 241 g/mol. The highest BCUT2D eigenvalue weighted by atomic mass is 15.2. The number of rotatable bonds is 4. The van der Waals surface area contributed by atoms with Gasteiger partial charge in [0.15, 0.2) is 0 Å². The van der Waals surface area contributed by atoms with Crippen LogP contribution in [0.2, 0.25) is 0 Å². The van der Waals surface area contributed by atoms with E-state index in [0.29, 0.717) is 6.04 Å². The van der Waals surface area contributed by atoms with Gasteiger partial charge in [0.05, 0.1) is 6.07 Å². The van der Waals surface area contributed by atoms with Gasteiger partial charge < -0.3 is 4.90 Å². The molecule has 18 heavy (non-hydrogen) atoms. The van der Waals surface area contributed by atoms with Gasteiger partial charge in [-0.05, 0) is 37.3 Å². The molecule has 0 saturated heterocycles. The number of aryl methyl sites for hydroxylation is 1. The molecule has 1 unspecified atom stereocenters. The maximum absolute atomic E-state index is 9.24. The lowest BCUT2D eigenvalue weighted by Crippen LogP contribution is -2.43. The van der Waals surface area contributed by atoms with Crippen LogP contribution in [0, 0.1) is 11.3 Å². The van der Waals surface area contributed by atoms with Gasteiger partial charge in [0.25, 0.3) is 0 Å². The predicted octanol–water partition coefficient (Wildman–Crippen LogP) is 2.08. The van der Waals surface area contributed by atoms with E-state index in [1.165, 1.54) is 36.9 Å². The quantitative estimate of drug-likeness (QED) is 0.877. The van der Waals surface area contributed by atoms with E-state index in [-0.39, 0.29) is 6.04 Å². The summed E-state index contributed by atoms with van der Waals surface area (Å²) in [4.78, 5) is 2.36. The average molecular weight is 241 g/mol. The molecule has 1 aliphatic carbocycles. The van der Waals surface area contributed by atoms with Crippen LogP contribution in [0.5, 0.6) is 0 Å². The van der Waals surface area contributed by atoms with Crippen LogP contribution in [0.3, 0.4) is 0 Å². The van der Waals surface area contributed by atoms with Gasteiger partial charge in [-0.2, -0.15) is 5.26 Å². The van der Waals surface area contributed by atoms with E-state index in [1.54, 1.807) is 0 Å². The van der Waals surface area contributed by atoms with Crippen molar-refractivity contribution in [3.63, 3.8) is 0 Å². The minimum atomic E-state index is -0.0383. The molecule has 1 aromatic carbocycles. The standard InChI is InChI=1S/C15H19N3/c16-10-14(17-13-7-8-13)11-18-9-3-5-12-4-1-2-6-15(12)18/h1-2,4,6,13-14,17H,3,5,7-9,11H2. The second-order valence-corrected chi connectivity index (χ2v) is 5.30. The Morgan fingerprint density at radius 1 is 1.39 bits per heavy atom. The summed E-state index contributed by atoms with van der Waals surface area (Å²) < 4.78 is 0. The second-order valence-electron chi connectivity index (χ2n) is 5.30. The third-order valence-corrected chi connectivity index (χ3v) is 3.78. The molecule has 94 valence electrons. The van der Waals surface area contributed by atoms with Gasteiger partial charge in [0.1, 0.15) is 6.04 Å². The van der Waals surface area contributed by atoms with Gasteiger partial charge in [-0.1, -0.05) is 18.2 Å². The molecular weight excluding hydrogens is 222 g/mol. The van der Waals surface area contributed by atoms with Gasteiger partial charge in [-0.3, -0.25) is 5.32 Å². The molecule has 1 saturated carbocycles. The zero-order valence-corrected chi connectivity index (χ0v) is 10.6. The van der Waals surface area contributed by atoms with E-state index in [9.17, 15) is 5.26 Å². The summed E-state index contributed by atoms with van der Waals surface area (Å²) in [6.45, 7) is 1.88. The van der Waals surface area contributed by atoms with Crippen LogP contribution in [0.15, 0.2) is 24.3 Å². The molecule has 1 N–H and O–H groups in total. The van der Waals surface area contributed by atoms with Crippen molar-refractivity contribution in [2.75, 3.05) is 18.0 Å². The van der Waals surface area contributed by atoms with Crippen LogP contribution in [-0.4, -0.2) is 25.2 Å². The Balaban J connectivity index is 1.71. The third kappa shape index (κ3) is 2.49. The minimum absolute atomic E-state index is 0.0383. The van der Waals surface area contributed by atoms with Crippen molar-refractivity contribution < 1.29 is 0 Å². The van der Waals surface area contributed by atoms with Crippen molar-refractivity contribution in [1.29, 1.82) is 5.26 Å². The Labute approximate surface area is 108 Å². The number of benzene rings is 1. The summed E-state index contributed by atoms with van der Waals surface area (Å²) in [7, 11) is 0. The Morgan fingerprint density at radius 3 is 3.00 bits per heavy atom. The maximum atomic E-state index is 9.24. The van der Waals surface area contributed by atoms with Crippen LogP contribution in [0.25, 0.3) is 0 Å². The first-order valence-corrected chi connectivity index (χ1v) is 6.85. The van der Waals surface area contributed by atoms with Crippen molar-refractivity contribution >= 4 is 5.69 Å². The molecule has 0 aromatic heterocycles. The normalized spacial score (nSPS) is 20.1. The first-order valence-electron chi connectivity index (χ1n) is 6.85. The molecule has 1 aliphatic heterocycles. The fourth-order valence-corrected chi connectivity index (χ4v) is 2.69. The van der Waals surface area contributed by atoms with E-state index in [1.807, 2.05) is 0 Å². The third-order valence-electron chi connectivity index (χ3n) is 3.78. The molecule has 3 rings (SSSR count). The van der Waals surface area contributed by atoms with E-state index < -0.39 is 0 Å². The first-order chi connectivity index (χ1) is 8.86. The van der Waals surface area contributed by atoms with Gasteiger partial charge >= 0.3 is 0 Å². The van der Waals surface area contributed by atoms with Crippen LogP contribution < -0.4 is 10.2 Å². The number of hydrogen-bond acceptors (Lipinski definition) is 3. The molecular formula is C15H19N3. The predicted molar refractivity (Wildman–Crippen MR) is 72.5 cm³/mol. The summed E-state index contributed by atoms with van der Waals surface area (Å²) in [5.74, 6) is 0. The van der Waals surface area contributed by atoms with Crippen molar-refractivity contribution in [2.24, 2.45) is 0 Å². The van der Waals surface area contributed by atoms with Crippen molar-refractivity contribution in [1.82, 2.24) is 5.32 Å². The van der Waals surface area contributed by atoms with Crippen molar-refractivity contribution in [3.05, 3.63) is 29.8 Å². The van der Waals surface area contributed by atoms with E-state index in [2.05, 4.69) is 40.6 Å². The van der Waals surface area contributed by atoms with E-state index in [0.717, 1.165) is 13.1 Å². The second kappa shape index (κ2) is 4.99. The lowest BCUT2D eigenvalue weighted by atomic mass is 10.0. The van der Waals surface area contributed by atoms with Crippen LogP contribution >= 0.6 is 0 Å². The molecule has 0 radical (unpaired) electrons. The lowest BCUT2D eigenvalue weighted by Gasteiger charge is -2.32. The fraction of sp³-hybridized carbons (Fsp3) is 0.533. The van der Waals surface area contributed by atoms with Gasteiger partial charge in [-0.15, -0.1) is 0 Å². The average Bonchev–Trinajstić information content (AvgIpc) is 3.22. The number of nitrogens with zero attached hydrogens (tertiary/aromatic N) is 2. The van der Waals surface area contributed by atoms with Gasteiger partial charge in [0.2, 0.25) is 0 Å². The molecule has 1 atom stereocenters. The number of anilines is 1. The van der Waals surface area contributed by atoms with Crippen molar-refractivity contribution in [3.8, 4) is 6.07 Å².